The number of carbonyl (C=O) groups excluding carboxylic acids is 2. The number of phosphoric ester groups is 1. The molecule has 0 aromatic rings. The van der Waals surface area contributed by atoms with Crippen molar-refractivity contribution in [1.29, 1.82) is 0 Å². The lowest BCUT2D eigenvalue weighted by Crippen LogP contribution is -2.37. The van der Waals surface area contributed by atoms with Crippen LogP contribution in [-0.4, -0.2) is 74.9 Å². The molecule has 0 amide bonds. The fourth-order valence-electron chi connectivity index (χ4n) is 9.12. The molecule has 9 nitrogen and oxygen atoms in total. The average Bonchev–Trinajstić information content (AvgIpc) is 3.38. The van der Waals surface area contributed by atoms with Gasteiger partial charge >= 0.3 is 19.8 Å². The minimum Gasteiger partial charge on any atom is -0.462 e. The van der Waals surface area contributed by atoms with E-state index in [1.807, 2.05) is 21.1 Å². The normalized spacial score (nSPS) is 13.6. The van der Waals surface area contributed by atoms with E-state index in [1.54, 1.807) is 0 Å². The summed E-state index contributed by atoms with van der Waals surface area (Å²) in [6.45, 7) is 4.33. The quantitative estimate of drug-likeness (QED) is 0.0211. The van der Waals surface area contributed by atoms with Gasteiger partial charge in [0.15, 0.2) is 6.10 Å². The van der Waals surface area contributed by atoms with E-state index in [0.29, 0.717) is 17.4 Å². The molecular weight excluding hydrogens is 966 g/mol. The van der Waals surface area contributed by atoms with Gasteiger partial charge in [0.2, 0.25) is 0 Å². The van der Waals surface area contributed by atoms with Gasteiger partial charge in [0.05, 0.1) is 27.7 Å². The number of carbonyl (C=O) groups is 2. The third-order valence-electron chi connectivity index (χ3n) is 14.0. The van der Waals surface area contributed by atoms with E-state index in [9.17, 15) is 19.0 Å². The lowest BCUT2D eigenvalue weighted by Gasteiger charge is -2.24. The minimum atomic E-state index is -4.39. The topological polar surface area (TPSA) is 108 Å². The number of hydrogen-bond donors (Lipinski definition) is 1. The molecule has 76 heavy (non-hydrogen) atoms. The summed E-state index contributed by atoms with van der Waals surface area (Å²) in [6.07, 6.45) is 74.7. The lowest BCUT2D eigenvalue weighted by molar-refractivity contribution is -0.870. The highest BCUT2D eigenvalue weighted by Crippen LogP contribution is 2.43. The lowest BCUT2D eigenvalue weighted by atomic mass is 10.0. The summed E-state index contributed by atoms with van der Waals surface area (Å²) in [5.41, 5.74) is 0. The van der Waals surface area contributed by atoms with E-state index >= 15 is 0 Å². The molecule has 0 aliphatic carbocycles. The standard InChI is InChI=1S/C66H122NO8P/c1-6-8-10-12-14-16-18-20-22-24-25-26-27-28-29-30-31-32-33-34-35-36-37-38-39-40-41-43-44-46-48-50-52-54-56-58-65(68)72-62-64(63-74-76(70,71)73-61-60-67(3,4)5)75-66(69)59-57-55-53-51-49-47-45-42-23-21-19-17-15-13-11-9-7-2/h9,11,15,17-18,20-21,23-25,64H,6-8,10,12-14,16,19,22,26-63H2,1-5H3/p+1/b11-9-,17-15-,20-18-,23-21-,25-24-. The van der Waals surface area contributed by atoms with Gasteiger partial charge in [-0.3, -0.25) is 18.6 Å². The number of esters is 2. The zero-order chi connectivity index (χ0) is 55.6. The number of hydrogen-bond acceptors (Lipinski definition) is 7. The molecule has 0 saturated carbocycles. The van der Waals surface area contributed by atoms with Crippen LogP contribution in [0.15, 0.2) is 60.8 Å². The van der Waals surface area contributed by atoms with Crippen LogP contribution in [0, 0.1) is 0 Å². The zero-order valence-electron chi connectivity index (χ0n) is 50.5. The highest BCUT2D eigenvalue weighted by Gasteiger charge is 2.27. The van der Waals surface area contributed by atoms with Crippen LogP contribution in [0.4, 0.5) is 0 Å². The van der Waals surface area contributed by atoms with E-state index < -0.39 is 26.5 Å². The van der Waals surface area contributed by atoms with Crippen molar-refractivity contribution >= 4 is 19.8 Å². The molecule has 0 fully saturated rings. The molecule has 2 atom stereocenters. The summed E-state index contributed by atoms with van der Waals surface area (Å²) in [5, 5.41) is 0. The molecule has 0 aromatic heterocycles. The Morgan fingerprint density at radius 1 is 0.421 bits per heavy atom. The van der Waals surface area contributed by atoms with Crippen molar-refractivity contribution in [3.05, 3.63) is 60.8 Å². The van der Waals surface area contributed by atoms with Gasteiger partial charge in [-0.05, 0) is 77.0 Å². The summed E-state index contributed by atoms with van der Waals surface area (Å²) < 4.78 is 34.6. The maximum Gasteiger partial charge on any atom is 0.472 e. The molecule has 2 unspecified atom stereocenters. The maximum absolute atomic E-state index is 12.8. The van der Waals surface area contributed by atoms with Gasteiger partial charge in [0, 0.05) is 12.8 Å². The van der Waals surface area contributed by atoms with Crippen molar-refractivity contribution in [2.75, 3.05) is 47.5 Å². The van der Waals surface area contributed by atoms with Gasteiger partial charge in [0.1, 0.15) is 19.8 Å². The van der Waals surface area contributed by atoms with E-state index in [1.165, 1.54) is 193 Å². The highest BCUT2D eigenvalue weighted by molar-refractivity contribution is 7.47. The van der Waals surface area contributed by atoms with Crippen molar-refractivity contribution in [2.45, 2.75) is 302 Å². The van der Waals surface area contributed by atoms with Crippen LogP contribution in [0.5, 0.6) is 0 Å². The number of rotatable bonds is 59. The molecule has 10 heteroatoms. The Kier molecular flexibility index (Phi) is 55.7. The third kappa shape index (κ3) is 60.9. The molecule has 0 bridgehead atoms. The van der Waals surface area contributed by atoms with Crippen LogP contribution in [0.2, 0.25) is 0 Å². The van der Waals surface area contributed by atoms with Crippen molar-refractivity contribution in [1.82, 2.24) is 0 Å². The predicted octanol–water partition coefficient (Wildman–Crippen LogP) is 20.3. The van der Waals surface area contributed by atoms with Crippen molar-refractivity contribution in [2.24, 2.45) is 0 Å². The molecule has 0 rings (SSSR count). The van der Waals surface area contributed by atoms with Crippen LogP contribution in [0.25, 0.3) is 0 Å². The van der Waals surface area contributed by atoms with Crippen molar-refractivity contribution in [3.63, 3.8) is 0 Å². The van der Waals surface area contributed by atoms with Crippen LogP contribution in [0.3, 0.4) is 0 Å². The molecule has 444 valence electrons. The van der Waals surface area contributed by atoms with Gasteiger partial charge in [-0.1, -0.05) is 267 Å². The molecule has 0 radical (unpaired) electrons. The second-order valence-electron chi connectivity index (χ2n) is 22.8. The monoisotopic (exact) mass is 1090 g/mol. The number of unbranched alkanes of at least 4 members (excludes halogenated alkanes) is 35. The largest absolute Gasteiger partial charge is 0.472 e. The highest BCUT2D eigenvalue weighted by atomic mass is 31.2. The van der Waals surface area contributed by atoms with E-state index in [-0.39, 0.29) is 32.0 Å². The SMILES string of the molecule is CC/C=C\C/C=C\C/C=C\CCCCCCCCCC(=O)OC(COC(=O)CCCCCCCCCCCCCCCCCCCCCCCCC/C=C\C/C=C\CCCCCCC)COP(=O)(O)OCC[N+](C)(C)C. The molecule has 0 aliphatic rings. The molecule has 0 saturated heterocycles. The number of likely N-dealkylation sites (N-methyl/N-ethyl adjacent to an activating group) is 1. The summed E-state index contributed by atoms with van der Waals surface area (Å²) in [4.78, 5) is 35.7. The first-order valence-corrected chi connectivity index (χ1v) is 33.5. The first kappa shape index (κ1) is 73.7. The first-order valence-electron chi connectivity index (χ1n) is 32.0. The zero-order valence-corrected chi connectivity index (χ0v) is 51.4. The second-order valence-corrected chi connectivity index (χ2v) is 24.2. The van der Waals surface area contributed by atoms with Gasteiger partial charge in [-0.15, -0.1) is 0 Å². The van der Waals surface area contributed by atoms with E-state index in [2.05, 4.69) is 74.6 Å². The number of allylic oxidation sites excluding steroid dienone is 10. The van der Waals surface area contributed by atoms with Gasteiger partial charge in [-0.25, -0.2) is 4.57 Å². The maximum atomic E-state index is 12.8. The number of quaternary nitrogens is 1. The van der Waals surface area contributed by atoms with E-state index in [0.717, 1.165) is 70.6 Å². The molecule has 0 heterocycles. The molecule has 0 spiro atoms. The Labute approximate surface area is 470 Å². The Hall–Kier alpha value is -2.29. The fraction of sp³-hybridized carbons (Fsp3) is 0.818. The number of ether oxygens (including phenoxy) is 2. The predicted molar refractivity (Wildman–Crippen MR) is 326 cm³/mol. The first-order chi connectivity index (χ1) is 37.0. The molecule has 0 aliphatic heterocycles. The summed E-state index contributed by atoms with van der Waals surface area (Å²) in [7, 11) is 1.48. The van der Waals surface area contributed by atoms with Crippen LogP contribution in [-0.2, 0) is 32.7 Å². The van der Waals surface area contributed by atoms with Crippen molar-refractivity contribution in [3.8, 4) is 0 Å². The number of nitrogens with zero attached hydrogens (tertiary/aromatic N) is 1. The summed E-state index contributed by atoms with van der Waals surface area (Å²) >= 11 is 0. The molecular formula is C66H123NO8P+. The molecule has 1 N–H and O–H groups in total. The fourth-order valence-corrected chi connectivity index (χ4v) is 9.86. The Bertz CT molecular complexity index is 1470. The van der Waals surface area contributed by atoms with Crippen molar-refractivity contribution < 1.29 is 42.1 Å². The number of phosphoric acid groups is 1. The minimum absolute atomic E-state index is 0.0293. The molecule has 0 aromatic carbocycles. The summed E-state index contributed by atoms with van der Waals surface area (Å²) in [6, 6.07) is 0. The Morgan fingerprint density at radius 3 is 1.12 bits per heavy atom. The van der Waals surface area contributed by atoms with Gasteiger partial charge < -0.3 is 18.9 Å². The van der Waals surface area contributed by atoms with Crippen LogP contribution in [0.1, 0.15) is 296 Å². The third-order valence-corrected chi connectivity index (χ3v) is 15.0. The van der Waals surface area contributed by atoms with E-state index in [4.69, 9.17) is 18.5 Å². The van der Waals surface area contributed by atoms with Gasteiger partial charge in [0.25, 0.3) is 0 Å². The smallest absolute Gasteiger partial charge is 0.462 e. The summed E-state index contributed by atoms with van der Waals surface area (Å²) in [5.74, 6) is -0.799. The average molecular weight is 1090 g/mol. The Balaban J connectivity index is 3.96. The van der Waals surface area contributed by atoms with Crippen LogP contribution < -0.4 is 0 Å². The second kappa shape index (κ2) is 57.4. The Morgan fingerprint density at radius 2 is 0.750 bits per heavy atom. The van der Waals surface area contributed by atoms with Crippen LogP contribution >= 0.6 is 7.82 Å². The van der Waals surface area contributed by atoms with Gasteiger partial charge in [-0.2, -0.15) is 0 Å².